The van der Waals surface area contributed by atoms with Crippen LogP contribution in [-0.2, 0) is 44.6 Å². The van der Waals surface area contributed by atoms with Gasteiger partial charge >= 0.3 is 0 Å². The number of aliphatic imine (C=N–C) groups is 1. The number of thiazole rings is 1. The highest BCUT2D eigenvalue weighted by Crippen LogP contribution is 2.46. The monoisotopic (exact) mass is 1540 g/mol. The van der Waals surface area contributed by atoms with E-state index in [0.29, 0.717) is 52.4 Å². The molecule has 0 spiro atoms. The Hall–Kier alpha value is -3.15. The second-order valence-corrected chi connectivity index (χ2v) is 46.9. The summed E-state index contributed by atoms with van der Waals surface area (Å²) in [6.45, 7) is 74.2. The van der Waals surface area contributed by atoms with Crippen LogP contribution in [0.15, 0.2) is 88.3 Å². The molecule has 0 amide bonds. The van der Waals surface area contributed by atoms with Crippen LogP contribution in [0, 0.1) is 23.2 Å². The minimum Gasteiger partial charge on any atom is -0.246 e. The zero-order chi connectivity index (χ0) is 76.1. The lowest BCUT2D eigenvalue weighted by Gasteiger charge is -2.26. The van der Waals surface area contributed by atoms with Crippen molar-refractivity contribution in [1.82, 2.24) is 9.29 Å². The zero-order valence-electron chi connectivity index (χ0n) is 68.6. The number of hydrogen-bond donors (Lipinski definition) is 0. The molecule has 0 saturated carbocycles. The Labute approximate surface area is 647 Å². The number of sulfonamides is 1. The van der Waals surface area contributed by atoms with Crippen molar-refractivity contribution >= 4 is 140 Å². The Morgan fingerprint density at radius 3 is 1.31 bits per heavy atom. The first-order valence-corrected chi connectivity index (χ1v) is 45.5. The lowest BCUT2D eigenvalue weighted by Crippen LogP contribution is -2.31. The Morgan fingerprint density at radius 1 is 0.465 bits per heavy atom. The van der Waals surface area contributed by atoms with Gasteiger partial charge in [0.1, 0.15) is 14.8 Å². The maximum Gasteiger partial charge on any atom is 0.244 e. The van der Waals surface area contributed by atoms with Gasteiger partial charge in [-0.3, -0.25) is 0 Å². The highest BCUT2D eigenvalue weighted by molar-refractivity contribution is 7.89. The summed E-state index contributed by atoms with van der Waals surface area (Å²) in [5, 5.41) is 3.94. The molecule has 3 aliphatic rings. The van der Waals surface area contributed by atoms with Crippen LogP contribution in [0.2, 0.25) is 0 Å². The predicted octanol–water partition coefficient (Wildman–Crippen LogP) is 31.0. The molecular formula is C87H131N3O2S9. The van der Waals surface area contributed by atoms with Gasteiger partial charge < -0.3 is 0 Å². The van der Waals surface area contributed by atoms with E-state index in [0.717, 1.165) is 33.9 Å². The summed E-state index contributed by atoms with van der Waals surface area (Å²) in [4.78, 5) is 22.4. The molecule has 1 atom stereocenters. The van der Waals surface area contributed by atoms with Gasteiger partial charge in [0.25, 0.3) is 0 Å². The first-order chi connectivity index (χ1) is 46.4. The van der Waals surface area contributed by atoms with Crippen LogP contribution in [0.4, 0.5) is 5.00 Å². The minimum absolute atomic E-state index is 0.0344. The first-order valence-electron chi connectivity index (χ1n) is 37.5. The van der Waals surface area contributed by atoms with E-state index in [1.165, 1.54) is 109 Å². The molecule has 1 aliphatic carbocycles. The molecule has 2 aliphatic heterocycles. The number of aromatic nitrogens is 1. The quantitative estimate of drug-likeness (QED) is 0.135. The van der Waals surface area contributed by atoms with E-state index < -0.39 is 10.0 Å². The summed E-state index contributed by atoms with van der Waals surface area (Å²) in [5.74, 6) is 6.29. The molecule has 12 rings (SSSR count). The Morgan fingerprint density at radius 2 is 0.931 bits per heavy atom. The Kier molecular flexibility index (Phi) is 30.3. The summed E-state index contributed by atoms with van der Waals surface area (Å²) in [5.41, 5.74) is 8.48. The third kappa shape index (κ3) is 23.9. The molecule has 0 saturated heterocycles. The standard InChI is InChI=1S/C14H21NS.C13H19NS2.C13H18S2.C12H16S2.C12H22.C12H18.C11H17NO2S2/c1-13(2,3)10-7-9-8-11(14(4,5)6)16-12(9)15-10;1-12(2,3)9-7-8-10(16-9)14-11(15-8)13(4,5)6;1-8(2)9-6-10-11(14-9)7-12(15-10)13(3,4)5;1-7(2)10-5-9-6-11(8(3)4)14-12(9)13-10;2*1-9(2)11-5-7-12(8-6-11)10(3)4;1-7(2)9-5-11-10(15-9)6-12(8(3)4)16(11,13)14/h8H,7H2,1-6H3;7H,1-6H3;6-8H,1-5H3;5-8H,1-4H3;5,9-10,12H,6-8H2,1-4H3;5-10H,1-4H3;5,7-8H,6H2,1-4H3. The fourth-order valence-corrected chi connectivity index (χ4v) is 23.1. The molecule has 9 aromatic rings. The summed E-state index contributed by atoms with van der Waals surface area (Å²) in [6.07, 6.45) is 7.62. The molecule has 0 fully saturated rings. The number of rotatable bonds is 9. The third-order valence-corrected chi connectivity index (χ3v) is 32.8. The predicted molar refractivity (Wildman–Crippen MR) is 465 cm³/mol. The van der Waals surface area contributed by atoms with Gasteiger partial charge in [0.05, 0.1) is 13.6 Å². The van der Waals surface area contributed by atoms with Gasteiger partial charge in [0, 0.05) is 89.4 Å². The summed E-state index contributed by atoms with van der Waals surface area (Å²) in [7, 11) is -3.21. The largest absolute Gasteiger partial charge is 0.246 e. The lowest BCUT2D eigenvalue weighted by molar-refractivity contribution is 0.344. The molecule has 0 bridgehead atoms. The number of nitrogens with zero attached hydrogens (tertiary/aromatic N) is 3. The van der Waals surface area contributed by atoms with Crippen LogP contribution in [0.1, 0.15) is 344 Å². The highest BCUT2D eigenvalue weighted by Gasteiger charge is 2.38. The number of fused-ring (bicyclic) bond motifs is 5. The zero-order valence-corrected chi connectivity index (χ0v) is 75.9. The number of benzene rings is 1. The average Bonchev–Trinajstić information content (AvgIpc) is 1.60. The smallest absolute Gasteiger partial charge is 0.244 e. The van der Waals surface area contributed by atoms with Crippen molar-refractivity contribution in [2.24, 2.45) is 28.2 Å². The lowest BCUT2D eigenvalue weighted by atomic mass is 9.80. The van der Waals surface area contributed by atoms with Gasteiger partial charge in [-0.15, -0.1) is 90.7 Å². The molecule has 10 heterocycles. The van der Waals surface area contributed by atoms with Gasteiger partial charge in [-0.2, -0.15) is 4.31 Å². The number of thiophene rings is 7. The third-order valence-electron chi connectivity index (χ3n) is 18.6. The second kappa shape index (κ2) is 35.3. The number of hydrogen-bond acceptors (Lipinski definition) is 12. The van der Waals surface area contributed by atoms with Gasteiger partial charge in [-0.1, -0.05) is 251 Å². The maximum absolute atomic E-state index is 12.2. The van der Waals surface area contributed by atoms with Crippen molar-refractivity contribution in [1.29, 1.82) is 0 Å². The number of allylic oxidation sites excluding steroid dienone is 2. The van der Waals surface area contributed by atoms with Crippen LogP contribution in [0.3, 0.4) is 0 Å². The molecule has 0 radical (unpaired) electrons. The van der Waals surface area contributed by atoms with Crippen LogP contribution >= 0.6 is 90.7 Å². The summed E-state index contributed by atoms with van der Waals surface area (Å²) < 4.78 is 31.7. The molecule has 8 aromatic heterocycles. The molecule has 14 heteroatoms. The molecule has 1 unspecified atom stereocenters. The van der Waals surface area contributed by atoms with E-state index >= 15 is 0 Å². The fourth-order valence-electron chi connectivity index (χ4n) is 11.3. The van der Waals surface area contributed by atoms with E-state index in [1.807, 2.05) is 99.3 Å². The molecule has 5 nitrogen and oxygen atoms in total. The fraction of sp³-hybridized carbons (Fsp3) is 0.609. The topological polar surface area (TPSA) is 62.6 Å². The minimum atomic E-state index is -3.21. The maximum atomic E-state index is 12.2. The van der Waals surface area contributed by atoms with Crippen molar-refractivity contribution in [3.63, 3.8) is 0 Å². The first kappa shape index (κ1) is 86.8. The Bertz CT molecular complexity index is 4050. The highest BCUT2D eigenvalue weighted by atomic mass is 32.2. The van der Waals surface area contributed by atoms with Crippen molar-refractivity contribution in [2.45, 2.75) is 329 Å². The van der Waals surface area contributed by atoms with E-state index in [4.69, 9.17) is 9.98 Å². The van der Waals surface area contributed by atoms with Gasteiger partial charge in [0.15, 0.2) is 0 Å². The molecule has 0 N–H and O–H groups in total. The normalized spacial score (nSPS) is 15.7. The van der Waals surface area contributed by atoms with Gasteiger partial charge in [-0.25, -0.2) is 18.4 Å². The SMILES string of the molecule is CC(C)(C)C1=Nc2sc(C(C)(C)C)cc2C1.CC(C)(C)c1cc2sc(C(C)(C)C)nc2s1.CC(C)C1=CCC(C(C)C)CC1.CC(C)c1cc2c(s1)CN(C(C)C)S2(=O)=O.CC(C)c1cc2cc(C(C)C)sc2s1.CC(C)c1cc2sc(C(C)(C)C)cc2s1.CC(C)c1ccc(C(C)C)cc1. The van der Waals surface area contributed by atoms with E-state index in [9.17, 15) is 8.42 Å². The van der Waals surface area contributed by atoms with E-state index in [2.05, 4.69) is 281 Å². The molecule has 1 aromatic carbocycles. The second-order valence-electron chi connectivity index (χ2n) is 36.1. The summed E-state index contributed by atoms with van der Waals surface area (Å²) in [6, 6.07) is 24.9. The van der Waals surface area contributed by atoms with Crippen molar-refractivity contribution in [3.05, 3.63) is 139 Å². The molecule has 101 heavy (non-hydrogen) atoms. The average molecular weight is 1540 g/mol. The van der Waals surface area contributed by atoms with Crippen molar-refractivity contribution < 1.29 is 8.42 Å². The molecular weight excluding hydrogens is 1410 g/mol. The van der Waals surface area contributed by atoms with Crippen molar-refractivity contribution in [2.75, 3.05) is 0 Å². The Balaban J connectivity index is 0.000000186. The van der Waals surface area contributed by atoms with Gasteiger partial charge in [-0.05, 0) is 162 Å². The van der Waals surface area contributed by atoms with Gasteiger partial charge in [0.2, 0.25) is 10.0 Å². The van der Waals surface area contributed by atoms with E-state index in [-0.39, 0.29) is 27.7 Å². The molecule has 560 valence electrons. The van der Waals surface area contributed by atoms with E-state index in [1.54, 1.807) is 21.2 Å². The summed E-state index contributed by atoms with van der Waals surface area (Å²) >= 11 is 15.0. The van der Waals surface area contributed by atoms with Crippen molar-refractivity contribution in [3.8, 4) is 0 Å². The van der Waals surface area contributed by atoms with Crippen LogP contribution in [0.25, 0.3) is 28.3 Å². The van der Waals surface area contributed by atoms with Crippen LogP contribution < -0.4 is 0 Å². The van der Waals surface area contributed by atoms with Crippen LogP contribution in [-0.4, -0.2) is 29.5 Å². The van der Waals surface area contributed by atoms with Crippen LogP contribution in [0.5, 0.6) is 0 Å².